The minimum absolute atomic E-state index is 0.0398. The summed E-state index contributed by atoms with van der Waals surface area (Å²) in [6, 6.07) is 26.4. The third kappa shape index (κ3) is 7.01. The summed E-state index contributed by atoms with van der Waals surface area (Å²) in [7, 11) is -3.08. The van der Waals surface area contributed by atoms with Crippen molar-refractivity contribution in [3.63, 3.8) is 0 Å². The van der Waals surface area contributed by atoms with Crippen molar-refractivity contribution >= 4 is 24.6 Å². The van der Waals surface area contributed by atoms with E-state index in [1.165, 1.54) is 44.2 Å². The molecule has 0 saturated heterocycles. The van der Waals surface area contributed by atoms with Gasteiger partial charge in [-0.25, -0.2) is 0 Å². The fourth-order valence-electron chi connectivity index (χ4n) is 3.87. The van der Waals surface area contributed by atoms with Crippen LogP contribution in [-0.2, 0) is 4.43 Å². The summed E-state index contributed by atoms with van der Waals surface area (Å²) in [4.78, 5) is 10.7. The minimum atomic E-state index is -3.08. The molecule has 0 atom stereocenters. The van der Waals surface area contributed by atoms with E-state index in [0.717, 1.165) is 23.2 Å². The largest absolute Gasteiger partial charge is 0.514 e. The minimum Gasteiger partial charge on any atom is -0.514 e. The normalized spacial score (nSPS) is 11.3. The second-order valence-electron chi connectivity index (χ2n) is 8.17. The Morgan fingerprint density at radius 3 is 1.76 bits per heavy atom. The molecule has 3 aromatic rings. The third-order valence-corrected chi connectivity index (χ3v) is 8.99. The first-order chi connectivity index (χ1) is 16.2. The maximum atomic E-state index is 11.1. The Hall–Kier alpha value is -2.96. The zero-order chi connectivity index (χ0) is 23.4. The first kappa shape index (κ1) is 24.7. The van der Waals surface area contributed by atoms with E-state index in [1.807, 2.05) is 36.4 Å². The van der Waals surface area contributed by atoms with E-state index in [1.54, 1.807) is 12.1 Å². The molecule has 3 aromatic carbocycles. The van der Waals surface area contributed by atoms with Gasteiger partial charge in [0.15, 0.2) is 0 Å². The summed E-state index contributed by atoms with van der Waals surface area (Å²) in [5, 5.41) is 13.1. The number of non-ortho nitro benzene ring substituents is 1. The van der Waals surface area contributed by atoms with Gasteiger partial charge in [0.05, 0.1) is 4.92 Å². The molecule has 174 valence electrons. The highest BCUT2D eigenvalue weighted by atomic mass is 28.4. The Morgan fingerprint density at radius 1 is 0.727 bits per heavy atom. The summed E-state index contributed by atoms with van der Waals surface area (Å²) in [5.74, 6) is 0.569. The highest BCUT2D eigenvalue weighted by Crippen LogP contribution is 2.22. The molecule has 0 fully saturated rings. The second-order valence-corrected chi connectivity index (χ2v) is 11.1. The zero-order valence-electron chi connectivity index (χ0n) is 19.3. The van der Waals surface area contributed by atoms with E-state index < -0.39 is 13.5 Å². The monoisotopic (exact) mass is 463 g/mol. The number of benzene rings is 3. The lowest BCUT2D eigenvalue weighted by molar-refractivity contribution is -0.384. The van der Waals surface area contributed by atoms with Crippen molar-refractivity contribution in [1.29, 1.82) is 0 Å². The molecule has 0 bridgehead atoms. The molecule has 0 N–H and O–H groups in total. The Kier molecular flexibility index (Phi) is 9.66. The van der Waals surface area contributed by atoms with Crippen molar-refractivity contribution < 1.29 is 13.8 Å². The quantitative estimate of drug-likeness (QED) is 0.127. The van der Waals surface area contributed by atoms with Crippen LogP contribution in [0.3, 0.4) is 0 Å². The predicted molar refractivity (Wildman–Crippen MR) is 136 cm³/mol. The molecule has 0 radical (unpaired) electrons. The Balaban J connectivity index is 1.84. The van der Waals surface area contributed by atoms with Gasteiger partial charge in [0.25, 0.3) is 5.69 Å². The van der Waals surface area contributed by atoms with E-state index in [4.69, 9.17) is 8.85 Å². The molecular weight excluding hydrogens is 430 g/mol. The van der Waals surface area contributed by atoms with Crippen LogP contribution in [0.25, 0.3) is 0 Å². The van der Waals surface area contributed by atoms with Crippen molar-refractivity contribution in [2.24, 2.45) is 0 Å². The molecule has 5 nitrogen and oxygen atoms in total. The Labute approximate surface area is 197 Å². The van der Waals surface area contributed by atoms with Gasteiger partial charge < -0.3 is 8.85 Å². The van der Waals surface area contributed by atoms with Crippen LogP contribution in [0.2, 0.25) is 0 Å². The molecule has 33 heavy (non-hydrogen) atoms. The average molecular weight is 464 g/mol. The van der Waals surface area contributed by atoms with Crippen LogP contribution in [0.5, 0.6) is 5.75 Å². The summed E-state index contributed by atoms with van der Waals surface area (Å²) in [6.45, 7) is 2.84. The van der Waals surface area contributed by atoms with Crippen LogP contribution in [-0.4, -0.2) is 20.1 Å². The van der Waals surface area contributed by atoms with Gasteiger partial charge in [-0.1, -0.05) is 106 Å². The molecule has 0 aromatic heterocycles. The molecule has 0 amide bonds. The first-order valence-electron chi connectivity index (χ1n) is 11.8. The standard InChI is InChI=1S/C27H33NO4Si/c1-2-3-4-5-6-7-14-23-31-33(26-15-10-8-11-16-26,27-17-12-9-13-18-27)32-25-21-19-24(20-22-25)28(29)30/h8-13,15-22H,2-7,14,23H2,1H3. The summed E-state index contributed by atoms with van der Waals surface area (Å²) < 4.78 is 13.4. The van der Waals surface area contributed by atoms with Crippen LogP contribution in [0.1, 0.15) is 51.9 Å². The van der Waals surface area contributed by atoms with E-state index >= 15 is 0 Å². The number of rotatable bonds is 14. The third-order valence-electron chi connectivity index (χ3n) is 5.67. The lowest BCUT2D eigenvalue weighted by Gasteiger charge is -2.32. The van der Waals surface area contributed by atoms with Crippen LogP contribution in [0.15, 0.2) is 84.9 Å². The first-order valence-corrected chi connectivity index (χ1v) is 13.7. The predicted octanol–water partition coefficient (Wildman–Crippen LogP) is 6.00. The lowest BCUT2D eigenvalue weighted by atomic mass is 10.1. The Morgan fingerprint density at radius 2 is 1.24 bits per heavy atom. The van der Waals surface area contributed by atoms with Crippen molar-refractivity contribution in [3.05, 3.63) is 95.0 Å². The van der Waals surface area contributed by atoms with Crippen molar-refractivity contribution in [1.82, 2.24) is 0 Å². The summed E-state index contributed by atoms with van der Waals surface area (Å²) in [6.07, 6.45) is 8.46. The maximum absolute atomic E-state index is 11.1. The highest BCUT2D eigenvalue weighted by Gasteiger charge is 2.45. The number of nitro groups is 1. The number of nitro benzene ring substituents is 1. The van der Waals surface area contributed by atoms with Crippen LogP contribution >= 0.6 is 0 Å². The molecular formula is C27H33NO4Si. The molecule has 0 unspecified atom stereocenters. The lowest BCUT2D eigenvalue weighted by Crippen LogP contribution is -2.66. The fourth-order valence-corrected chi connectivity index (χ4v) is 7.00. The second kappa shape index (κ2) is 12.9. The molecule has 0 aliphatic heterocycles. The van der Waals surface area contributed by atoms with Crippen LogP contribution in [0, 0.1) is 10.1 Å². The van der Waals surface area contributed by atoms with Gasteiger partial charge in [-0.2, -0.15) is 0 Å². The fraction of sp³-hybridized carbons (Fsp3) is 0.333. The molecule has 6 heteroatoms. The van der Waals surface area contributed by atoms with Gasteiger partial charge >= 0.3 is 8.56 Å². The number of unbranched alkanes of at least 4 members (excludes halogenated alkanes) is 6. The topological polar surface area (TPSA) is 61.6 Å². The molecule has 0 heterocycles. The van der Waals surface area contributed by atoms with Crippen molar-refractivity contribution in [2.45, 2.75) is 51.9 Å². The van der Waals surface area contributed by atoms with Crippen LogP contribution in [0.4, 0.5) is 5.69 Å². The smallest absolute Gasteiger partial charge is 0.468 e. The van der Waals surface area contributed by atoms with E-state index in [2.05, 4.69) is 31.2 Å². The summed E-state index contributed by atoms with van der Waals surface area (Å²) >= 11 is 0. The van der Waals surface area contributed by atoms with Gasteiger partial charge in [0.1, 0.15) is 5.75 Å². The highest BCUT2D eigenvalue weighted by molar-refractivity contribution is 6.93. The zero-order valence-corrected chi connectivity index (χ0v) is 20.3. The number of hydrogen-bond donors (Lipinski definition) is 0. The van der Waals surface area contributed by atoms with Gasteiger partial charge in [-0.05, 0) is 18.6 Å². The molecule has 0 aliphatic carbocycles. The van der Waals surface area contributed by atoms with Gasteiger partial charge in [-0.3, -0.25) is 10.1 Å². The molecule has 0 saturated carbocycles. The Bertz CT molecular complexity index is 925. The van der Waals surface area contributed by atoms with E-state index in [-0.39, 0.29) is 5.69 Å². The number of nitrogens with zero attached hydrogens (tertiary/aromatic N) is 1. The maximum Gasteiger partial charge on any atom is 0.468 e. The van der Waals surface area contributed by atoms with Gasteiger partial charge in [0.2, 0.25) is 0 Å². The SMILES string of the molecule is CCCCCCCCCO[Si](Oc1ccc([N+](=O)[O-])cc1)(c1ccccc1)c1ccccc1. The van der Waals surface area contributed by atoms with E-state index in [0.29, 0.717) is 12.4 Å². The molecule has 0 aliphatic rings. The average Bonchev–Trinajstić information content (AvgIpc) is 2.86. The number of hydrogen-bond acceptors (Lipinski definition) is 4. The van der Waals surface area contributed by atoms with Gasteiger partial charge in [-0.15, -0.1) is 0 Å². The summed E-state index contributed by atoms with van der Waals surface area (Å²) in [5.41, 5.74) is 0.0398. The van der Waals surface area contributed by atoms with E-state index in [9.17, 15) is 10.1 Å². The van der Waals surface area contributed by atoms with Crippen molar-refractivity contribution in [3.8, 4) is 5.75 Å². The van der Waals surface area contributed by atoms with Crippen molar-refractivity contribution in [2.75, 3.05) is 6.61 Å². The molecule has 0 spiro atoms. The van der Waals surface area contributed by atoms with Gasteiger partial charge in [0, 0.05) is 29.1 Å². The molecule has 3 rings (SSSR count). The van der Waals surface area contributed by atoms with Crippen LogP contribution < -0.4 is 14.8 Å².